The third-order valence-corrected chi connectivity index (χ3v) is 9.66. The summed E-state index contributed by atoms with van der Waals surface area (Å²) in [7, 11) is 5.01. The predicted molar refractivity (Wildman–Crippen MR) is 188 cm³/mol. The van der Waals surface area contributed by atoms with Gasteiger partial charge in [0.05, 0.1) is 30.6 Å². The topological polar surface area (TPSA) is 143 Å². The van der Waals surface area contributed by atoms with Crippen molar-refractivity contribution >= 4 is 46.2 Å². The lowest BCUT2D eigenvalue weighted by molar-refractivity contribution is -0.117. The van der Waals surface area contributed by atoms with Crippen LogP contribution >= 0.6 is 0 Å². The van der Waals surface area contributed by atoms with E-state index in [1.807, 2.05) is 53.4 Å². The number of rotatable bonds is 9. The van der Waals surface area contributed by atoms with E-state index in [1.165, 1.54) is 4.90 Å². The van der Waals surface area contributed by atoms with Gasteiger partial charge in [-0.05, 0) is 79.3 Å². The Balaban J connectivity index is 1.10. The van der Waals surface area contributed by atoms with Crippen LogP contribution in [0.4, 0.5) is 17.5 Å². The van der Waals surface area contributed by atoms with Gasteiger partial charge in [-0.15, -0.1) is 0 Å². The molecule has 5 aromatic rings. The highest BCUT2D eigenvalue weighted by Gasteiger charge is 2.51. The number of methoxy groups -OCH3 is 1. The van der Waals surface area contributed by atoms with Gasteiger partial charge in [0.1, 0.15) is 17.0 Å². The van der Waals surface area contributed by atoms with Gasteiger partial charge in [-0.3, -0.25) is 24.7 Å². The molecule has 2 N–H and O–H groups in total. The van der Waals surface area contributed by atoms with Crippen LogP contribution in [-0.4, -0.2) is 75.2 Å². The SMILES string of the molecule is COc1c(Nc2nc(NC(=O)C3CC3)nc3cccnc23)cccc1-c1ccc2c(c1)C1(CC1)CN(Cc1cccc(C(=O)N(C)C)n1)C2=O. The van der Waals surface area contributed by atoms with Crippen LogP contribution in [0, 0.1) is 5.92 Å². The zero-order chi connectivity index (χ0) is 34.6. The number of para-hydroxylation sites is 1. The Morgan fingerprint density at radius 3 is 2.56 bits per heavy atom. The van der Waals surface area contributed by atoms with E-state index in [0.717, 1.165) is 42.4 Å². The molecule has 1 spiro atoms. The van der Waals surface area contributed by atoms with E-state index < -0.39 is 0 Å². The molecule has 0 bridgehead atoms. The van der Waals surface area contributed by atoms with Crippen LogP contribution in [0.25, 0.3) is 22.2 Å². The van der Waals surface area contributed by atoms with Crippen LogP contribution in [0.3, 0.4) is 0 Å². The summed E-state index contributed by atoms with van der Waals surface area (Å²) < 4.78 is 6.00. The molecule has 12 nitrogen and oxygen atoms in total. The van der Waals surface area contributed by atoms with E-state index in [2.05, 4.69) is 36.6 Å². The van der Waals surface area contributed by atoms with E-state index in [4.69, 9.17) is 4.74 Å². The Morgan fingerprint density at radius 1 is 0.980 bits per heavy atom. The molecule has 4 heterocycles. The number of carbonyl (C=O) groups is 3. The van der Waals surface area contributed by atoms with Gasteiger partial charge < -0.3 is 19.9 Å². The lowest BCUT2D eigenvalue weighted by atomic mass is 9.84. The molecule has 3 amide bonds. The maximum absolute atomic E-state index is 13.9. The highest BCUT2D eigenvalue weighted by molar-refractivity contribution is 5.99. The number of nitrogens with zero attached hydrogens (tertiary/aromatic N) is 6. The van der Waals surface area contributed by atoms with Crippen molar-refractivity contribution in [1.29, 1.82) is 0 Å². The van der Waals surface area contributed by atoms with Crippen molar-refractivity contribution in [3.63, 3.8) is 0 Å². The lowest BCUT2D eigenvalue weighted by Gasteiger charge is -2.35. The molecule has 0 radical (unpaired) electrons. The van der Waals surface area contributed by atoms with Gasteiger partial charge in [0.15, 0.2) is 5.82 Å². The zero-order valence-electron chi connectivity index (χ0n) is 28.1. The van der Waals surface area contributed by atoms with E-state index in [0.29, 0.717) is 58.3 Å². The smallest absolute Gasteiger partial charge is 0.271 e. The average molecular weight is 669 g/mol. The molecule has 1 aliphatic heterocycles. The summed E-state index contributed by atoms with van der Waals surface area (Å²) in [4.78, 5) is 60.5. The average Bonchev–Trinajstić information content (AvgIpc) is 4.07. The summed E-state index contributed by atoms with van der Waals surface area (Å²) in [6.45, 7) is 0.915. The van der Waals surface area contributed by atoms with Gasteiger partial charge in [0.25, 0.3) is 11.8 Å². The largest absolute Gasteiger partial charge is 0.494 e. The van der Waals surface area contributed by atoms with Crippen molar-refractivity contribution in [3.8, 4) is 16.9 Å². The third-order valence-electron chi connectivity index (χ3n) is 9.66. The molecule has 2 aromatic carbocycles. The van der Waals surface area contributed by atoms with Crippen LogP contribution in [0.5, 0.6) is 5.75 Å². The van der Waals surface area contributed by atoms with E-state index >= 15 is 0 Å². The van der Waals surface area contributed by atoms with Crippen LogP contribution in [0.1, 0.15) is 57.8 Å². The molecular formula is C38H36N8O4. The third kappa shape index (κ3) is 5.76. The van der Waals surface area contributed by atoms with Crippen molar-refractivity contribution in [3.05, 3.63) is 95.4 Å². The highest BCUT2D eigenvalue weighted by atomic mass is 16.5. The van der Waals surface area contributed by atoms with Crippen molar-refractivity contribution < 1.29 is 19.1 Å². The summed E-state index contributed by atoms with van der Waals surface area (Å²) in [5.41, 5.74) is 6.24. The molecule has 0 unspecified atom stereocenters. The summed E-state index contributed by atoms with van der Waals surface area (Å²) in [5.74, 6) is 0.965. The first-order valence-electron chi connectivity index (χ1n) is 16.7. The second-order valence-electron chi connectivity index (χ2n) is 13.5. The summed E-state index contributed by atoms with van der Waals surface area (Å²) >= 11 is 0. The van der Waals surface area contributed by atoms with E-state index in [1.54, 1.807) is 39.5 Å². The molecule has 0 atom stereocenters. The maximum atomic E-state index is 13.9. The van der Waals surface area contributed by atoms with Gasteiger partial charge in [0.2, 0.25) is 11.9 Å². The normalized spacial score (nSPS) is 15.8. The number of hydrogen-bond donors (Lipinski definition) is 2. The molecule has 0 saturated heterocycles. The van der Waals surface area contributed by atoms with Crippen LogP contribution < -0.4 is 15.4 Å². The molecule has 3 aliphatic rings. The molecule has 2 aliphatic carbocycles. The number of carbonyl (C=O) groups excluding carboxylic acids is 3. The summed E-state index contributed by atoms with van der Waals surface area (Å²) in [5, 5.41) is 6.25. The Bertz CT molecular complexity index is 2190. The number of aromatic nitrogens is 4. The molecule has 12 heteroatoms. The van der Waals surface area contributed by atoms with Crippen LogP contribution in [0.2, 0.25) is 0 Å². The van der Waals surface area contributed by atoms with E-state index in [-0.39, 0.29) is 35.0 Å². The Hall–Kier alpha value is -5.91. The second kappa shape index (κ2) is 12.2. The highest BCUT2D eigenvalue weighted by Crippen LogP contribution is 2.53. The van der Waals surface area contributed by atoms with Crippen LogP contribution in [0.15, 0.2) is 72.9 Å². The summed E-state index contributed by atoms with van der Waals surface area (Å²) in [6.07, 6.45) is 5.38. The number of fused-ring (bicyclic) bond motifs is 3. The minimum absolute atomic E-state index is 0.00948. The standard InChI is InChI=1S/C38H36N8O4/c1-45(2)36(49)30-10-4-7-24(40-30)20-46-21-38(16-17-38)27-19-23(14-15-26(27)35(46)48)25-8-5-9-29(32(25)50-3)41-33-31-28(11-6-18-39-31)42-37(43-33)44-34(47)22-12-13-22/h4-11,14-15,18-19,22H,12-13,16-17,20-21H2,1-3H3,(H2,41,42,43,44,47). The lowest BCUT2D eigenvalue weighted by Crippen LogP contribution is -2.43. The van der Waals surface area contributed by atoms with Gasteiger partial charge in [-0.1, -0.05) is 24.3 Å². The van der Waals surface area contributed by atoms with Crippen molar-refractivity contribution in [2.75, 3.05) is 38.4 Å². The number of pyridine rings is 2. The van der Waals surface area contributed by atoms with Gasteiger partial charge in [-0.2, -0.15) is 4.98 Å². The van der Waals surface area contributed by atoms with Crippen molar-refractivity contribution in [1.82, 2.24) is 29.7 Å². The van der Waals surface area contributed by atoms with Gasteiger partial charge in [0, 0.05) is 49.3 Å². The molecule has 2 saturated carbocycles. The van der Waals surface area contributed by atoms with Gasteiger partial charge >= 0.3 is 0 Å². The molecule has 252 valence electrons. The number of nitrogens with one attached hydrogen (secondary N) is 2. The first kappa shape index (κ1) is 31.4. The minimum Gasteiger partial charge on any atom is -0.494 e. The maximum Gasteiger partial charge on any atom is 0.271 e. The number of ether oxygens (including phenoxy) is 1. The number of hydrogen-bond acceptors (Lipinski definition) is 9. The minimum atomic E-state index is -0.174. The fourth-order valence-electron chi connectivity index (χ4n) is 6.73. The first-order valence-corrected chi connectivity index (χ1v) is 16.7. The Labute approximate surface area is 288 Å². The molecule has 3 aromatic heterocycles. The zero-order valence-corrected chi connectivity index (χ0v) is 28.1. The predicted octanol–water partition coefficient (Wildman–Crippen LogP) is 5.58. The molecular weight excluding hydrogens is 632 g/mol. The van der Waals surface area contributed by atoms with Crippen LogP contribution in [-0.2, 0) is 16.8 Å². The fourth-order valence-corrected chi connectivity index (χ4v) is 6.73. The Morgan fingerprint density at radius 2 is 1.80 bits per heavy atom. The number of benzene rings is 2. The Kier molecular flexibility index (Phi) is 7.65. The second-order valence-corrected chi connectivity index (χ2v) is 13.5. The van der Waals surface area contributed by atoms with Crippen molar-refractivity contribution in [2.24, 2.45) is 5.92 Å². The van der Waals surface area contributed by atoms with Gasteiger partial charge in [-0.25, -0.2) is 9.97 Å². The number of amides is 3. The monoisotopic (exact) mass is 668 g/mol. The van der Waals surface area contributed by atoms with E-state index in [9.17, 15) is 14.4 Å². The van der Waals surface area contributed by atoms with Crippen molar-refractivity contribution in [2.45, 2.75) is 37.6 Å². The summed E-state index contributed by atoms with van der Waals surface area (Å²) in [6, 6.07) is 20.8. The first-order chi connectivity index (χ1) is 24.2. The quantitative estimate of drug-likeness (QED) is 0.206. The molecule has 2 fully saturated rings. The molecule has 8 rings (SSSR count). The number of anilines is 3. The molecule has 50 heavy (non-hydrogen) atoms. The fraction of sp³-hybridized carbons (Fsp3) is 0.289.